The SMILES string of the molecule is CCCCCCCCCCCCCCCCSCc1nc2ccccc2[nH]1. The highest BCUT2D eigenvalue weighted by atomic mass is 32.2. The molecule has 27 heavy (non-hydrogen) atoms. The van der Waals surface area contributed by atoms with Crippen molar-refractivity contribution < 1.29 is 0 Å². The first-order chi connectivity index (χ1) is 13.4. The first-order valence-corrected chi connectivity index (χ1v) is 12.6. The van der Waals surface area contributed by atoms with E-state index in [1.807, 2.05) is 11.8 Å². The molecule has 0 fully saturated rings. The summed E-state index contributed by atoms with van der Waals surface area (Å²) in [4.78, 5) is 8.06. The van der Waals surface area contributed by atoms with Crippen LogP contribution in [0.5, 0.6) is 0 Å². The maximum Gasteiger partial charge on any atom is 0.117 e. The van der Waals surface area contributed by atoms with Gasteiger partial charge in [-0.1, -0.05) is 103 Å². The molecule has 0 aliphatic rings. The summed E-state index contributed by atoms with van der Waals surface area (Å²) in [5, 5.41) is 0. The normalized spacial score (nSPS) is 11.4. The molecule has 2 nitrogen and oxygen atoms in total. The molecule has 0 unspecified atom stereocenters. The van der Waals surface area contributed by atoms with Gasteiger partial charge in [0.15, 0.2) is 0 Å². The second kappa shape index (κ2) is 15.0. The Morgan fingerprint density at radius 3 is 1.89 bits per heavy atom. The number of imidazole rings is 1. The van der Waals surface area contributed by atoms with Crippen LogP contribution in [-0.2, 0) is 5.75 Å². The quantitative estimate of drug-likeness (QED) is 0.276. The molecule has 0 aliphatic carbocycles. The number of hydrogen-bond acceptors (Lipinski definition) is 2. The molecule has 1 aromatic carbocycles. The third kappa shape index (κ3) is 10.2. The van der Waals surface area contributed by atoms with E-state index in [1.165, 1.54) is 95.6 Å². The van der Waals surface area contributed by atoms with Crippen molar-refractivity contribution in [3.05, 3.63) is 30.1 Å². The Balaban J connectivity index is 1.32. The van der Waals surface area contributed by atoms with Crippen LogP contribution in [0.2, 0.25) is 0 Å². The maximum atomic E-state index is 4.64. The number of para-hydroxylation sites is 2. The second-order valence-electron chi connectivity index (χ2n) is 7.85. The van der Waals surface area contributed by atoms with Gasteiger partial charge in [0.05, 0.1) is 16.8 Å². The van der Waals surface area contributed by atoms with Crippen molar-refractivity contribution in [3.63, 3.8) is 0 Å². The first kappa shape index (κ1) is 22.3. The number of thioether (sulfide) groups is 1. The Kier molecular flexibility index (Phi) is 12.4. The van der Waals surface area contributed by atoms with E-state index < -0.39 is 0 Å². The molecule has 1 aromatic heterocycles. The molecule has 2 aromatic rings. The minimum absolute atomic E-state index is 1.01. The molecule has 0 saturated heterocycles. The minimum atomic E-state index is 1.01. The Bertz CT molecular complexity index is 560. The molecule has 152 valence electrons. The third-order valence-corrected chi connectivity index (χ3v) is 6.37. The van der Waals surface area contributed by atoms with E-state index in [2.05, 4.69) is 41.2 Å². The molecule has 3 heteroatoms. The average molecular weight is 389 g/mol. The lowest BCUT2D eigenvalue weighted by atomic mass is 10.0. The number of benzene rings is 1. The van der Waals surface area contributed by atoms with Crippen LogP contribution >= 0.6 is 11.8 Å². The Morgan fingerprint density at radius 2 is 1.30 bits per heavy atom. The fourth-order valence-electron chi connectivity index (χ4n) is 3.64. The highest BCUT2D eigenvalue weighted by Crippen LogP contribution is 2.17. The van der Waals surface area contributed by atoms with Crippen LogP contribution in [0.4, 0.5) is 0 Å². The number of nitrogens with zero attached hydrogens (tertiary/aromatic N) is 1. The van der Waals surface area contributed by atoms with E-state index in [0.29, 0.717) is 0 Å². The van der Waals surface area contributed by atoms with Gasteiger partial charge in [-0.3, -0.25) is 0 Å². The van der Waals surface area contributed by atoms with Crippen molar-refractivity contribution in [2.45, 2.75) is 103 Å². The molecule has 0 spiro atoms. The predicted octanol–water partition coefficient (Wildman–Crippen LogP) is 8.28. The number of hydrogen-bond donors (Lipinski definition) is 1. The fourth-order valence-corrected chi connectivity index (χ4v) is 4.52. The van der Waals surface area contributed by atoms with Crippen molar-refractivity contribution in [1.29, 1.82) is 0 Å². The van der Waals surface area contributed by atoms with Gasteiger partial charge in [0.2, 0.25) is 0 Å². The van der Waals surface area contributed by atoms with Crippen molar-refractivity contribution in [2.75, 3.05) is 5.75 Å². The topological polar surface area (TPSA) is 28.7 Å². The zero-order chi connectivity index (χ0) is 19.0. The number of aromatic nitrogens is 2. The van der Waals surface area contributed by atoms with Gasteiger partial charge in [-0.05, 0) is 24.3 Å². The Morgan fingerprint density at radius 1 is 0.741 bits per heavy atom. The van der Waals surface area contributed by atoms with E-state index >= 15 is 0 Å². The minimum Gasteiger partial charge on any atom is -0.341 e. The Labute approximate surface area is 171 Å². The zero-order valence-corrected chi connectivity index (χ0v) is 18.3. The summed E-state index contributed by atoms with van der Waals surface area (Å²) < 4.78 is 0. The predicted molar refractivity (Wildman–Crippen MR) is 123 cm³/mol. The molecule has 0 atom stereocenters. The molecule has 1 heterocycles. The first-order valence-electron chi connectivity index (χ1n) is 11.4. The number of aromatic amines is 1. The molecule has 0 saturated carbocycles. The highest BCUT2D eigenvalue weighted by Gasteiger charge is 2.01. The smallest absolute Gasteiger partial charge is 0.117 e. The van der Waals surface area contributed by atoms with Gasteiger partial charge in [-0.15, -0.1) is 0 Å². The molecular weight excluding hydrogens is 348 g/mol. The molecule has 0 radical (unpaired) electrons. The van der Waals surface area contributed by atoms with E-state index in [9.17, 15) is 0 Å². The number of H-pyrrole nitrogens is 1. The molecule has 0 bridgehead atoms. The van der Waals surface area contributed by atoms with Crippen LogP contribution in [0.1, 0.15) is 103 Å². The van der Waals surface area contributed by atoms with Gasteiger partial charge < -0.3 is 4.98 Å². The number of fused-ring (bicyclic) bond motifs is 1. The Hall–Kier alpha value is -0.960. The molecular formula is C24H40N2S. The largest absolute Gasteiger partial charge is 0.341 e. The van der Waals surface area contributed by atoms with Gasteiger partial charge in [-0.25, -0.2) is 4.98 Å². The van der Waals surface area contributed by atoms with E-state index in [1.54, 1.807) is 0 Å². The number of unbranched alkanes of at least 4 members (excludes halogenated alkanes) is 13. The van der Waals surface area contributed by atoms with Gasteiger partial charge in [0, 0.05) is 0 Å². The van der Waals surface area contributed by atoms with Crippen LogP contribution < -0.4 is 0 Å². The number of rotatable bonds is 17. The summed E-state index contributed by atoms with van der Waals surface area (Å²) in [5.41, 5.74) is 2.24. The van der Waals surface area contributed by atoms with Crippen LogP contribution in [0.15, 0.2) is 24.3 Å². The average Bonchev–Trinajstić information content (AvgIpc) is 3.10. The van der Waals surface area contributed by atoms with Crippen molar-refractivity contribution in [3.8, 4) is 0 Å². The summed E-state index contributed by atoms with van der Waals surface area (Å²) in [6.45, 7) is 2.29. The van der Waals surface area contributed by atoms with Gasteiger partial charge in [-0.2, -0.15) is 11.8 Å². The summed E-state index contributed by atoms with van der Waals surface area (Å²) in [5.74, 6) is 3.38. The molecule has 2 rings (SSSR count). The van der Waals surface area contributed by atoms with Gasteiger partial charge in [0.1, 0.15) is 5.82 Å². The highest BCUT2D eigenvalue weighted by molar-refractivity contribution is 7.98. The van der Waals surface area contributed by atoms with E-state index in [0.717, 1.165) is 22.6 Å². The van der Waals surface area contributed by atoms with Crippen LogP contribution in [0.3, 0.4) is 0 Å². The van der Waals surface area contributed by atoms with E-state index in [-0.39, 0.29) is 0 Å². The summed E-state index contributed by atoms with van der Waals surface area (Å²) in [7, 11) is 0. The van der Waals surface area contributed by atoms with Gasteiger partial charge >= 0.3 is 0 Å². The zero-order valence-electron chi connectivity index (χ0n) is 17.5. The molecule has 1 N–H and O–H groups in total. The summed E-state index contributed by atoms with van der Waals surface area (Å²) in [6.07, 6.45) is 20.1. The number of nitrogens with one attached hydrogen (secondary N) is 1. The van der Waals surface area contributed by atoms with Crippen LogP contribution in [0, 0.1) is 0 Å². The summed E-state index contributed by atoms with van der Waals surface area (Å²) in [6, 6.07) is 8.29. The van der Waals surface area contributed by atoms with Crippen molar-refractivity contribution >= 4 is 22.8 Å². The standard InChI is InChI=1S/C24H40N2S/c1-2-3-4-5-6-7-8-9-10-11-12-13-14-17-20-27-21-24-25-22-18-15-16-19-23(22)26-24/h15-16,18-19H,2-14,17,20-21H2,1H3,(H,25,26). The summed E-state index contributed by atoms with van der Waals surface area (Å²) >= 11 is 2.01. The van der Waals surface area contributed by atoms with Crippen molar-refractivity contribution in [2.24, 2.45) is 0 Å². The lowest BCUT2D eigenvalue weighted by Crippen LogP contribution is -1.87. The fraction of sp³-hybridized carbons (Fsp3) is 0.708. The lowest BCUT2D eigenvalue weighted by Gasteiger charge is -2.03. The molecule has 0 aliphatic heterocycles. The third-order valence-electron chi connectivity index (χ3n) is 5.32. The van der Waals surface area contributed by atoms with Crippen LogP contribution in [-0.4, -0.2) is 15.7 Å². The molecule has 0 amide bonds. The monoisotopic (exact) mass is 388 g/mol. The second-order valence-corrected chi connectivity index (χ2v) is 8.95. The van der Waals surface area contributed by atoms with Crippen LogP contribution in [0.25, 0.3) is 11.0 Å². The van der Waals surface area contributed by atoms with Gasteiger partial charge in [0.25, 0.3) is 0 Å². The lowest BCUT2D eigenvalue weighted by molar-refractivity contribution is 0.538. The maximum absolute atomic E-state index is 4.64. The van der Waals surface area contributed by atoms with Crippen molar-refractivity contribution in [1.82, 2.24) is 9.97 Å². The van der Waals surface area contributed by atoms with E-state index in [4.69, 9.17) is 0 Å².